The molecule has 0 saturated heterocycles. The molecule has 0 radical (unpaired) electrons. The number of carbonyl (C=O) groups is 1. The van der Waals surface area contributed by atoms with E-state index in [9.17, 15) is 75.0 Å². The summed E-state index contributed by atoms with van der Waals surface area (Å²) < 4.78 is 211. The molecule has 0 aliphatic heterocycles. The van der Waals surface area contributed by atoms with Gasteiger partial charge in [-0.25, -0.2) is 8.78 Å². The summed E-state index contributed by atoms with van der Waals surface area (Å²) in [6, 6.07) is 0. The summed E-state index contributed by atoms with van der Waals surface area (Å²) >= 11 is 0. The van der Waals surface area contributed by atoms with E-state index in [2.05, 4.69) is 0 Å². The molecule has 1 atom stereocenters. The van der Waals surface area contributed by atoms with E-state index in [1.807, 2.05) is 0 Å². The van der Waals surface area contributed by atoms with E-state index in [1.165, 1.54) is 13.8 Å². The van der Waals surface area contributed by atoms with Gasteiger partial charge in [-0.2, -0.15) is 61.5 Å². The Morgan fingerprint density at radius 1 is 0.647 bits per heavy atom. The Kier molecular flexibility index (Phi) is 9.47. The molecule has 1 nitrogen and oxygen atoms in total. The number of Topliss-reactive ketones (excluding diaryl/α,β-unsaturated/α-hetero) is 1. The van der Waals surface area contributed by atoms with Crippen LogP contribution in [0.4, 0.5) is 70.2 Å². The molecule has 0 heterocycles. The van der Waals surface area contributed by atoms with Gasteiger partial charge in [-0.15, -0.1) is 0 Å². The normalized spacial score (nSPS) is 16.2. The second-order valence-electron chi connectivity index (χ2n) is 7.48. The van der Waals surface area contributed by atoms with Crippen LogP contribution in [0.1, 0.15) is 46.0 Å². The van der Waals surface area contributed by atoms with Gasteiger partial charge in [0.25, 0.3) is 0 Å². The molecule has 0 rings (SSSR count). The molecule has 17 heteroatoms. The minimum absolute atomic E-state index is 0.276. The minimum atomic E-state index is -8.37. The van der Waals surface area contributed by atoms with Gasteiger partial charge in [0, 0.05) is 18.8 Å². The van der Waals surface area contributed by atoms with Crippen molar-refractivity contribution in [1.82, 2.24) is 0 Å². The van der Waals surface area contributed by atoms with Gasteiger partial charge in [0.1, 0.15) is 5.78 Å². The van der Waals surface area contributed by atoms with Crippen molar-refractivity contribution in [3.8, 4) is 0 Å². The van der Waals surface area contributed by atoms with Gasteiger partial charge in [0.05, 0.1) is 0 Å². The maximum absolute atomic E-state index is 13.7. The molecule has 1 unspecified atom stereocenters. The highest BCUT2D eigenvalue weighted by Crippen LogP contribution is 2.63. The smallest absolute Gasteiger partial charge is 0.299 e. The Morgan fingerprint density at radius 2 is 1.03 bits per heavy atom. The maximum Gasteiger partial charge on any atom is 0.384 e. The van der Waals surface area contributed by atoms with Crippen LogP contribution in [0, 0.1) is 5.92 Å². The molecular formula is C17H18F16O. The highest BCUT2D eigenvalue weighted by atomic mass is 19.4. The van der Waals surface area contributed by atoms with Crippen molar-refractivity contribution in [2.75, 3.05) is 0 Å². The molecule has 0 spiro atoms. The average molecular weight is 542 g/mol. The van der Waals surface area contributed by atoms with Crippen LogP contribution in [0.5, 0.6) is 0 Å². The number of alkyl halides is 16. The number of ketones is 1. The van der Waals surface area contributed by atoms with Crippen molar-refractivity contribution in [2.24, 2.45) is 5.92 Å². The summed E-state index contributed by atoms with van der Waals surface area (Å²) in [6.45, 7) is 2.93. The summed E-state index contributed by atoms with van der Waals surface area (Å²) in [7, 11) is 0. The lowest BCUT2D eigenvalue weighted by molar-refractivity contribution is -0.447. The first-order valence-corrected chi connectivity index (χ1v) is 9.26. The second-order valence-corrected chi connectivity index (χ2v) is 7.48. The predicted octanol–water partition coefficient (Wildman–Crippen LogP) is 7.87. The monoisotopic (exact) mass is 542 g/mol. The van der Waals surface area contributed by atoms with E-state index >= 15 is 0 Å². The van der Waals surface area contributed by atoms with Gasteiger partial charge >= 0.3 is 47.9 Å². The van der Waals surface area contributed by atoms with Crippen LogP contribution in [0.15, 0.2) is 0 Å². The molecule has 0 aromatic carbocycles. The van der Waals surface area contributed by atoms with E-state index < -0.39 is 85.3 Å². The Bertz CT molecular complexity index is 700. The van der Waals surface area contributed by atoms with Crippen LogP contribution < -0.4 is 0 Å². The van der Waals surface area contributed by atoms with Gasteiger partial charge in [0.2, 0.25) is 0 Å². The first-order valence-electron chi connectivity index (χ1n) is 9.26. The van der Waals surface area contributed by atoms with E-state index in [1.54, 1.807) is 0 Å². The van der Waals surface area contributed by atoms with E-state index in [0.717, 1.165) is 0 Å². The number of halogens is 16. The van der Waals surface area contributed by atoms with E-state index in [-0.39, 0.29) is 6.42 Å². The van der Waals surface area contributed by atoms with Crippen molar-refractivity contribution in [3.63, 3.8) is 0 Å². The van der Waals surface area contributed by atoms with Gasteiger partial charge < -0.3 is 0 Å². The molecule has 0 saturated carbocycles. The summed E-state index contributed by atoms with van der Waals surface area (Å²) in [5, 5.41) is 0. The van der Waals surface area contributed by atoms with Crippen LogP contribution in [0.2, 0.25) is 0 Å². The zero-order valence-electron chi connectivity index (χ0n) is 17.1. The quantitative estimate of drug-likeness (QED) is 0.161. The molecule has 0 N–H and O–H groups in total. The van der Waals surface area contributed by atoms with Crippen LogP contribution in [0.3, 0.4) is 0 Å². The van der Waals surface area contributed by atoms with Crippen molar-refractivity contribution < 1.29 is 75.0 Å². The van der Waals surface area contributed by atoms with Crippen molar-refractivity contribution in [3.05, 3.63) is 0 Å². The average Bonchev–Trinajstić information content (AvgIpc) is 2.69. The zero-order chi connectivity index (χ0) is 27.8. The lowest BCUT2D eigenvalue weighted by atomic mass is 9.88. The van der Waals surface area contributed by atoms with Gasteiger partial charge in [-0.3, -0.25) is 4.79 Å². The number of carbonyl (C=O) groups excluding carboxylic acids is 1. The molecule has 0 aromatic rings. The molecule has 0 aromatic heterocycles. The highest BCUT2D eigenvalue weighted by molar-refractivity contribution is 5.80. The van der Waals surface area contributed by atoms with Gasteiger partial charge in [-0.05, 0) is 19.3 Å². The predicted molar refractivity (Wildman–Crippen MR) is 83.6 cm³/mol. The Balaban J connectivity index is 6.00. The number of hydrogen-bond donors (Lipinski definition) is 0. The molecule has 0 amide bonds. The molecule has 34 heavy (non-hydrogen) atoms. The molecule has 0 aliphatic carbocycles. The lowest BCUT2D eigenvalue weighted by Gasteiger charge is -2.42. The minimum Gasteiger partial charge on any atom is -0.299 e. The maximum atomic E-state index is 13.7. The van der Waals surface area contributed by atoms with Crippen molar-refractivity contribution in [2.45, 2.75) is 93.8 Å². The third kappa shape index (κ3) is 5.07. The van der Waals surface area contributed by atoms with Gasteiger partial charge in [-0.1, -0.05) is 13.8 Å². The molecular weight excluding hydrogens is 524 g/mol. The van der Waals surface area contributed by atoms with E-state index in [0.29, 0.717) is 0 Å². The topological polar surface area (TPSA) is 17.1 Å². The first-order chi connectivity index (χ1) is 14.8. The number of rotatable bonds is 14. The number of hydrogen-bond acceptors (Lipinski definition) is 1. The standard InChI is InChI=1S/C17H18F16O/c1-3-8(2)9(34)6-4-5-7-11(20,21)13(24,25)15(28,29)17(32,33)16(30,31)14(26,27)12(22,23)10(18)19/h8,10H,3-7H2,1-2H3. The van der Waals surface area contributed by atoms with Crippen LogP contribution in [0.25, 0.3) is 0 Å². The third-order valence-corrected chi connectivity index (χ3v) is 5.06. The Labute approximate surface area is 181 Å². The fourth-order valence-corrected chi connectivity index (χ4v) is 2.44. The fraction of sp³-hybridized carbons (Fsp3) is 0.941. The first kappa shape index (κ1) is 32.5. The third-order valence-electron chi connectivity index (χ3n) is 5.06. The van der Waals surface area contributed by atoms with E-state index in [4.69, 9.17) is 0 Å². The molecule has 0 fully saturated rings. The molecule has 0 aliphatic rings. The number of unbranched alkanes of at least 4 members (excludes halogenated alkanes) is 1. The van der Waals surface area contributed by atoms with Crippen LogP contribution in [-0.4, -0.2) is 53.7 Å². The van der Waals surface area contributed by atoms with Crippen molar-refractivity contribution in [1.29, 1.82) is 0 Å². The van der Waals surface area contributed by atoms with Crippen LogP contribution in [-0.2, 0) is 4.79 Å². The SMILES string of the molecule is CCC(C)C(=O)CCCCC(F)(F)C(F)(F)C(F)(F)C(F)(F)C(F)(F)C(F)(F)C(F)(F)C(F)F. The second kappa shape index (κ2) is 9.90. The molecule has 204 valence electrons. The highest BCUT2D eigenvalue weighted by Gasteiger charge is 2.93. The lowest BCUT2D eigenvalue weighted by Crippen LogP contribution is -2.73. The van der Waals surface area contributed by atoms with Gasteiger partial charge in [0.15, 0.2) is 0 Å². The zero-order valence-corrected chi connectivity index (χ0v) is 17.1. The Hall–Kier alpha value is -1.45. The fourth-order valence-electron chi connectivity index (χ4n) is 2.44. The summed E-state index contributed by atoms with van der Waals surface area (Å²) in [5.74, 6) is -55.4. The van der Waals surface area contributed by atoms with Crippen molar-refractivity contribution >= 4 is 5.78 Å². The Morgan fingerprint density at radius 3 is 1.41 bits per heavy atom. The molecule has 0 bridgehead atoms. The summed E-state index contributed by atoms with van der Waals surface area (Å²) in [6.07, 6.45) is -10.5. The summed E-state index contributed by atoms with van der Waals surface area (Å²) in [5.41, 5.74) is 0. The largest absolute Gasteiger partial charge is 0.384 e. The summed E-state index contributed by atoms with van der Waals surface area (Å²) in [4.78, 5) is 11.5. The van der Waals surface area contributed by atoms with Crippen LogP contribution >= 0.6 is 0 Å².